The van der Waals surface area contributed by atoms with Crippen molar-refractivity contribution in [2.75, 3.05) is 0 Å². The molecule has 0 fully saturated rings. The van der Waals surface area contributed by atoms with Gasteiger partial charge in [-0.1, -0.05) is 0 Å². The number of carboxylic acids is 1. The van der Waals surface area contributed by atoms with Gasteiger partial charge in [0.1, 0.15) is 5.82 Å². The van der Waals surface area contributed by atoms with Gasteiger partial charge in [-0.05, 0) is 6.07 Å². The van der Waals surface area contributed by atoms with Gasteiger partial charge in [-0.2, -0.15) is 5.10 Å². The maximum Gasteiger partial charge on any atom is 0.303 e. The summed E-state index contributed by atoms with van der Waals surface area (Å²) in [4.78, 5) is 17.4. The molecule has 2 aromatic heterocycles. The summed E-state index contributed by atoms with van der Waals surface area (Å²) in [5, 5.41) is 15.2. The van der Waals surface area contributed by atoms with Crippen molar-refractivity contribution in [3.8, 4) is 11.4 Å². The maximum atomic E-state index is 10.3. The number of carbonyl (C=O) groups is 1. The van der Waals surface area contributed by atoms with Crippen LogP contribution in [-0.4, -0.2) is 31.2 Å². The number of hydrogen-bond acceptors (Lipinski definition) is 3. The first kappa shape index (κ1) is 9.45. The molecular weight excluding hydrogens is 196 g/mol. The van der Waals surface area contributed by atoms with Crippen LogP contribution >= 0.6 is 0 Å². The molecule has 0 unspecified atom stereocenters. The number of rotatable bonds is 4. The molecule has 15 heavy (non-hydrogen) atoms. The Morgan fingerprint density at radius 3 is 3.07 bits per heavy atom. The van der Waals surface area contributed by atoms with Crippen molar-refractivity contribution in [1.29, 1.82) is 0 Å². The molecule has 6 nitrogen and oxygen atoms in total. The third-order valence-corrected chi connectivity index (χ3v) is 1.96. The topological polar surface area (TPSA) is 94.7 Å². The molecule has 0 aliphatic carbocycles. The monoisotopic (exact) mass is 206 g/mol. The van der Waals surface area contributed by atoms with Gasteiger partial charge in [-0.25, -0.2) is 4.98 Å². The highest BCUT2D eigenvalue weighted by Crippen LogP contribution is 2.12. The van der Waals surface area contributed by atoms with E-state index >= 15 is 0 Å². The Morgan fingerprint density at radius 2 is 2.40 bits per heavy atom. The van der Waals surface area contributed by atoms with Crippen molar-refractivity contribution in [2.24, 2.45) is 0 Å². The van der Waals surface area contributed by atoms with E-state index in [1.807, 2.05) is 6.07 Å². The van der Waals surface area contributed by atoms with Crippen molar-refractivity contribution in [1.82, 2.24) is 20.2 Å². The Morgan fingerprint density at radius 1 is 1.53 bits per heavy atom. The molecule has 78 valence electrons. The highest BCUT2D eigenvalue weighted by atomic mass is 16.4. The molecule has 0 amide bonds. The number of hydrogen-bond donors (Lipinski definition) is 3. The predicted octanol–water partition coefficient (Wildman–Crippen LogP) is 0.817. The van der Waals surface area contributed by atoms with E-state index in [0.717, 1.165) is 5.56 Å². The lowest BCUT2D eigenvalue weighted by Crippen LogP contribution is -1.98. The van der Waals surface area contributed by atoms with Crippen molar-refractivity contribution >= 4 is 5.97 Å². The summed E-state index contributed by atoms with van der Waals surface area (Å²) in [5.74, 6) is 0.333. The van der Waals surface area contributed by atoms with E-state index in [2.05, 4.69) is 20.2 Å². The van der Waals surface area contributed by atoms with Crippen LogP contribution in [0.3, 0.4) is 0 Å². The van der Waals surface area contributed by atoms with Crippen LogP contribution in [-0.2, 0) is 11.2 Å². The predicted molar refractivity (Wildman–Crippen MR) is 52.1 cm³/mol. The molecule has 0 aliphatic heterocycles. The van der Waals surface area contributed by atoms with Crippen molar-refractivity contribution in [3.63, 3.8) is 0 Å². The molecule has 2 heterocycles. The van der Waals surface area contributed by atoms with E-state index in [1.165, 1.54) is 0 Å². The Hall–Kier alpha value is -2.11. The largest absolute Gasteiger partial charge is 0.481 e. The number of carboxylic acid groups (broad SMARTS) is 1. The van der Waals surface area contributed by atoms with Gasteiger partial charge in [0.15, 0.2) is 5.82 Å². The number of aromatic amines is 2. The smallest absolute Gasteiger partial charge is 0.303 e. The van der Waals surface area contributed by atoms with Crippen LogP contribution in [0.2, 0.25) is 0 Å². The zero-order valence-corrected chi connectivity index (χ0v) is 7.90. The third-order valence-electron chi connectivity index (χ3n) is 1.96. The second-order valence-corrected chi connectivity index (χ2v) is 3.10. The zero-order valence-electron chi connectivity index (χ0n) is 7.90. The highest BCUT2D eigenvalue weighted by molar-refractivity contribution is 5.66. The van der Waals surface area contributed by atoms with E-state index < -0.39 is 5.97 Å². The Labute approximate surface area is 85.4 Å². The number of aromatic nitrogens is 4. The minimum Gasteiger partial charge on any atom is -0.481 e. The summed E-state index contributed by atoms with van der Waals surface area (Å²) < 4.78 is 0. The average Bonchev–Trinajstić information content (AvgIpc) is 2.85. The molecule has 3 N–H and O–H groups in total. The van der Waals surface area contributed by atoms with Crippen LogP contribution in [0.4, 0.5) is 0 Å². The molecular formula is C9H10N4O2. The van der Waals surface area contributed by atoms with Gasteiger partial charge in [0.05, 0.1) is 6.42 Å². The fourth-order valence-electron chi connectivity index (χ4n) is 1.22. The first-order chi connectivity index (χ1) is 7.25. The molecule has 0 spiro atoms. The van der Waals surface area contributed by atoms with Gasteiger partial charge in [-0.3, -0.25) is 9.89 Å². The molecule has 2 aromatic rings. The summed E-state index contributed by atoms with van der Waals surface area (Å²) in [6, 6.07) is 1.85. The van der Waals surface area contributed by atoms with Crippen LogP contribution in [0.1, 0.15) is 12.2 Å². The summed E-state index contributed by atoms with van der Waals surface area (Å²) in [7, 11) is 0. The first-order valence-corrected chi connectivity index (χ1v) is 4.52. The van der Waals surface area contributed by atoms with Gasteiger partial charge in [-0.15, -0.1) is 0 Å². The van der Waals surface area contributed by atoms with Crippen LogP contribution in [0.25, 0.3) is 11.4 Å². The van der Waals surface area contributed by atoms with Crippen LogP contribution < -0.4 is 0 Å². The second kappa shape index (κ2) is 3.95. The molecule has 0 saturated heterocycles. The lowest BCUT2D eigenvalue weighted by molar-refractivity contribution is -0.137. The van der Waals surface area contributed by atoms with E-state index in [1.54, 1.807) is 12.4 Å². The molecule has 0 atom stereocenters. The average molecular weight is 206 g/mol. The van der Waals surface area contributed by atoms with Crippen molar-refractivity contribution in [2.45, 2.75) is 12.8 Å². The quantitative estimate of drug-likeness (QED) is 0.690. The summed E-state index contributed by atoms with van der Waals surface area (Å²) in [6.07, 6.45) is 3.99. The first-order valence-electron chi connectivity index (χ1n) is 4.52. The zero-order chi connectivity index (χ0) is 10.7. The third kappa shape index (κ3) is 2.22. The van der Waals surface area contributed by atoms with Gasteiger partial charge < -0.3 is 10.1 Å². The van der Waals surface area contributed by atoms with E-state index in [9.17, 15) is 4.79 Å². The minimum atomic E-state index is -0.838. The lowest BCUT2D eigenvalue weighted by atomic mass is 10.3. The van der Waals surface area contributed by atoms with Crippen molar-refractivity contribution < 1.29 is 9.90 Å². The van der Waals surface area contributed by atoms with Gasteiger partial charge >= 0.3 is 5.97 Å². The number of nitrogens with zero attached hydrogens (tertiary/aromatic N) is 2. The number of nitrogens with one attached hydrogen (secondary N) is 2. The van der Waals surface area contributed by atoms with Crippen LogP contribution in [0.15, 0.2) is 18.5 Å². The number of H-pyrrole nitrogens is 2. The fraction of sp³-hybridized carbons (Fsp3) is 0.222. The normalized spacial score (nSPS) is 10.4. The highest BCUT2D eigenvalue weighted by Gasteiger charge is 2.07. The molecule has 0 bridgehead atoms. The standard InChI is InChI=1S/C9H10N4O2/c14-8(15)2-1-7-11-9(13-12-7)6-3-4-10-5-6/h3-5,10H,1-2H2,(H,14,15)(H,11,12,13). The van der Waals surface area contributed by atoms with Crippen LogP contribution in [0, 0.1) is 0 Å². The molecule has 2 rings (SSSR count). The fourth-order valence-corrected chi connectivity index (χ4v) is 1.22. The SMILES string of the molecule is O=C(O)CCc1nc(-c2cc[nH]c2)n[nH]1. The van der Waals surface area contributed by atoms with Gasteiger partial charge in [0, 0.05) is 24.4 Å². The Bertz CT molecular complexity index is 446. The van der Waals surface area contributed by atoms with E-state index in [0.29, 0.717) is 18.1 Å². The summed E-state index contributed by atoms with van der Waals surface area (Å²) >= 11 is 0. The molecule has 6 heteroatoms. The lowest BCUT2D eigenvalue weighted by Gasteiger charge is -1.89. The summed E-state index contributed by atoms with van der Waals surface area (Å²) in [5.41, 5.74) is 0.882. The van der Waals surface area contributed by atoms with Crippen LogP contribution in [0.5, 0.6) is 0 Å². The van der Waals surface area contributed by atoms with Gasteiger partial charge in [0.2, 0.25) is 0 Å². The minimum absolute atomic E-state index is 0.0573. The van der Waals surface area contributed by atoms with Crippen molar-refractivity contribution in [3.05, 3.63) is 24.3 Å². The van der Waals surface area contributed by atoms with E-state index in [-0.39, 0.29) is 6.42 Å². The molecule has 0 aliphatic rings. The Balaban J connectivity index is 2.08. The van der Waals surface area contributed by atoms with Gasteiger partial charge in [0.25, 0.3) is 0 Å². The Kier molecular flexibility index (Phi) is 2.49. The second-order valence-electron chi connectivity index (χ2n) is 3.10. The number of aliphatic carboxylic acids is 1. The van der Waals surface area contributed by atoms with E-state index in [4.69, 9.17) is 5.11 Å². The molecule has 0 radical (unpaired) electrons. The number of aryl methyl sites for hydroxylation is 1. The molecule has 0 saturated carbocycles. The molecule has 0 aromatic carbocycles. The summed E-state index contributed by atoms with van der Waals surface area (Å²) in [6.45, 7) is 0. The maximum absolute atomic E-state index is 10.3.